The molecule has 2 N–H and O–H groups in total. The van der Waals surface area contributed by atoms with E-state index in [4.69, 9.17) is 4.74 Å². The summed E-state index contributed by atoms with van der Waals surface area (Å²) in [7, 11) is 3.59. The molecule has 0 bridgehead atoms. The first kappa shape index (κ1) is 17.0. The van der Waals surface area contributed by atoms with Gasteiger partial charge in [-0.05, 0) is 20.8 Å². The molecule has 23 heavy (non-hydrogen) atoms. The van der Waals surface area contributed by atoms with Gasteiger partial charge in [0.25, 0.3) is 0 Å². The van der Waals surface area contributed by atoms with Gasteiger partial charge in [-0.25, -0.2) is 4.79 Å². The van der Waals surface area contributed by atoms with Crippen LogP contribution in [-0.2, 0) is 18.3 Å². The molecule has 1 aliphatic heterocycles. The Bertz CT molecular complexity index is 570. The Labute approximate surface area is 136 Å². The first-order valence-electron chi connectivity index (χ1n) is 7.56. The van der Waals surface area contributed by atoms with Gasteiger partial charge < -0.3 is 24.8 Å². The van der Waals surface area contributed by atoms with E-state index in [1.54, 1.807) is 18.3 Å². The van der Waals surface area contributed by atoms with E-state index >= 15 is 0 Å². The van der Waals surface area contributed by atoms with Gasteiger partial charge in [-0.1, -0.05) is 0 Å². The van der Waals surface area contributed by atoms with E-state index in [-0.39, 0.29) is 12.1 Å². The third-order valence-electron chi connectivity index (χ3n) is 3.32. The number of hydrogen-bond acceptors (Lipinski definition) is 5. The van der Waals surface area contributed by atoms with Crippen molar-refractivity contribution in [1.29, 1.82) is 0 Å². The highest BCUT2D eigenvalue weighted by molar-refractivity contribution is 5.80. The minimum absolute atomic E-state index is 0.160. The Balaban J connectivity index is 1.73. The van der Waals surface area contributed by atoms with Gasteiger partial charge >= 0.3 is 6.09 Å². The van der Waals surface area contributed by atoms with E-state index in [0.717, 1.165) is 5.82 Å². The summed E-state index contributed by atoms with van der Waals surface area (Å²) in [5.41, 5.74) is -0.469. The number of amides is 1. The molecule has 2 rings (SSSR count). The molecular formula is C14H25N7O2. The molecule has 1 aromatic rings. The van der Waals surface area contributed by atoms with Gasteiger partial charge in [0.05, 0.1) is 12.6 Å². The molecule has 1 aliphatic rings. The number of nitrogens with one attached hydrogen (secondary N) is 2. The number of aryl methyl sites for hydroxylation is 1. The zero-order valence-corrected chi connectivity index (χ0v) is 14.3. The van der Waals surface area contributed by atoms with Crippen LogP contribution < -0.4 is 10.6 Å². The second kappa shape index (κ2) is 6.84. The number of aliphatic imine (C=N–C) groups is 1. The second-order valence-electron chi connectivity index (χ2n) is 6.51. The highest BCUT2D eigenvalue weighted by Crippen LogP contribution is 2.15. The largest absolute Gasteiger partial charge is 0.444 e. The van der Waals surface area contributed by atoms with Gasteiger partial charge in [-0.2, -0.15) is 0 Å². The SMILES string of the molecule is CN=C(NCc1nncn1C)NC1CN(C(=O)OC(C)(C)C)C1. The topological polar surface area (TPSA) is 96.7 Å². The summed E-state index contributed by atoms with van der Waals surface area (Å²) in [6, 6.07) is 0.160. The third kappa shape index (κ3) is 4.83. The van der Waals surface area contributed by atoms with Gasteiger partial charge in [0, 0.05) is 27.2 Å². The summed E-state index contributed by atoms with van der Waals surface area (Å²) < 4.78 is 7.17. The lowest BCUT2D eigenvalue weighted by Crippen LogP contribution is -2.63. The third-order valence-corrected chi connectivity index (χ3v) is 3.32. The summed E-state index contributed by atoms with van der Waals surface area (Å²) in [4.78, 5) is 17.7. The Morgan fingerprint density at radius 3 is 2.70 bits per heavy atom. The lowest BCUT2D eigenvalue weighted by Gasteiger charge is -2.40. The average Bonchev–Trinajstić information content (AvgIpc) is 2.80. The van der Waals surface area contributed by atoms with Gasteiger partial charge in [0.15, 0.2) is 11.8 Å². The van der Waals surface area contributed by atoms with E-state index in [0.29, 0.717) is 25.6 Å². The van der Waals surface area contributed by atoms with Crippen LogP contribution >= 0.6 is 0 Å². The number of rotatable bonds is 3. The van der Waals surface area contributed by atoms with Crippen LogP contribution in [0.25, 0.3) is 0 Å². The van der Waals surface area contributed by atoms with Crippen LogP contribution in [-0.4, -0.2) is 63.5 Å². The van der Waals surface area contributed by atoms with Crippen molar-refractivity contribution in [3.05, 3.63) is 12.2 Å². The lowest BCUT2D eigenvalue weighted by atomic mass is 10.1. The number of carbonyl (C=O) groups excluding carboxylic acids is 1. The number of likely N-dealkylation sites (tertiary alicyclic amines) is 1. The minimum Gasteiger partial charge on any atom is -0.444 e. The number of aromatic nitrogens is 3. The predicted octanol–water partition coefficient (Wildman–Crippen LogP) is 0.0994. The minimum atomic E-state index is -0.469. The van der Waals surface area contributed by atoms with Crippen molar-refractivity contribution in [2.24, 2.45) is 12.0 Å². The van der Waals surface area contributed by atoms with Gasteiger partial charge in [-0.15, -0.1) is 10.2 Å². The molecule has 0 aromatic carbocycles. The van der Waals surface area contributed by atoms with Crippen LogP contribution in [0.15, 0.2) is 11.3 Å². The number of hydrogen-bond donors (Lipinski definition) is 2. The van der Waals surface area contributed by atoms with E-state index in [1.165, 1.54) is 0 Å². The molecule has 9 nitrogen and oxygen atoms in total. The fraction of sp³-hybridized carbons (Fsp3) is 0.714. The Kier molecular flexibility index (Phi) is 5.07. The van der Waals surface area contributed by atoms with E-state index in [2.05, 4.69) is 25.8 Å². The van der Waals surface area contributed by atoms with Crippen LogP contribution in [0.4, 0.5) is 4.79 Å². The molecule has 0 radical (unpaired) electrons. The molecule has 1 saturated heterocycles. The molecule has 0 saturated carbocycles. The van der Waals surface area contributed by atoms with Crippen molar-refractivity contribution in [3.8, 4) is 0 Å². The number of carbonyl (C=O) groups is 1. The maximum absolute atomic E-state index is 11.9. The second-order valence-corrected chi connectivity index (χ2v) is 6.51. The maximum atomic E-state index is 11.9. The summed E-state index contributed by atoms with van der Waals surface area (Å²) in [6.45, 7) is 7.30. The van der Waals surface area contributed by atoms with E-state index < -0.39 is 5.60 Å². The van der Waals surface area contributed by atoms with Crippen LogP contribution in [0.5, 0.6) is 0 Å². The van der Waals surface area contributed by atoms with E-state index in [1.807, 2.05) is 32.4 Å². The summed E-state index contributed by atoms with van der Waals surface area (Å²) in [6.07, 6.45) is 1.37. The molecule has 9 heteroatoms. The van der Waals surface area contributed by atoms with Gasteiger partial charge in [0.1, 0.15) is 11.9 Å². The molecule has 128 valence electrons. The van der Waals surface area contributed by atoms with Crippen molar-refractivity contribution in [2.75, 3.05) is 20.1 Å². The summed E-state index contributed by atoms with van der Waals surface area (Å²) in [5.74, 6) is 1.48. The van der Waals surface area contributed by atoms with Crippen molar-refractivity contribution in [3.63, 3.8) is 0 Å². The first-order valence-corrected chi connectivity index (χ1v) is 7.56. The Morgan fingerprint density at radius 1 is 1.48 bits per heavy atom. The van der Waals surface area contributed by atoms with Gasteiger partial charge in [-0.3, -0.25) is 4.99 Å². The molecule has 0 spiro atoms. The molecule has 0 aliphatic carbocycles. The van der Waals surface area contributed by atoms with Crippen LogP contribution in [0.3, 0.4) is 0 Å². The van der Waals surface area contributed by atoms with Gasteiger partial charge in [0.2, 0.25) is 0 Å². The lowest BCUT2D eigenvalue weighted by molar-refractivity contribution is 0.00701. The molecular weight excluding hydrogens is 298 g/mol. The van der Waals surface area contributed by atoms with Crippen molar-refractivity contribution in [1.82, 2.24) is 30.3 Å². The molecule has 1 amide bonds. The standard InChI is InChI=1S/C14H25N7O2/c1-14(2,3)23-13(22)21-7-10(8-21)18-12(15-4)16-6-11-19-17-9-20(11)5/h9-10H,6-8H2,1-5H3,(H2,15,16,18). The number of ether oxygens (including phenoxy) is 1. The van der Waals surface area contributed by atoms with E-state index in [9.17, 15) is 4.79 Å². The molecule has 2 heterocycles. The monoisotopic (exact) mass is 323 g/mol. The Hall–Kier alpha value is -2.32. The fourth-order valence-electron chi connectivity index (χ4n) is 2.06. The highest BCUT2D eigenvalue weighted by Gasteiger charge is 2.34. The van der Waals surface area contributed by atoms with Crippen LogP contribution in [0, 0.1) is 0 Å². The highest BCUT2D eigenvalue weighted by atomic mass is 16.6. The number of nitrogens with zero attached hydrogens (tertiary/aromatic N) is 5. The molecule has 0 atom stereocenters. The first-order chi connectivity index (χ1) is 10.8. The van der Waals surface area contributed by atoms with Crippen molar-refractivity contribution < 1.29 is 9.53 Å². The van der Waals surface area contributed by atoms with Crippen LogP contribution in [0.1, 0.15) is 26.6 Å². The Morgan fingerprint density at radius 2 is 2.17 bits per heavy atom. The molecule has 0 unspecified atom stereocenters. The zero-order valence-electron chi connectivity index (χ0n) is 14.3. The van der Waals surface area contributed by atoms with Crippen molar-refractivity contribution >= 4 is 12.1 Å². The van der Waals surface area contributed by atoms with Crippen molar-refractivity contribution in [2.45, 2.75) is 39.0 Å². The number of guanidine groups is 1. The smallest absolute Gasteiger partial charge is 0.410 e. The summed E-state index contributed by atoms with van der Waals surface area (Å²) >= 11 is 0. The molecule has 1 aromatic heterocycles. The zero-order chi connectivity index (χ0) is 17.0. The average molecular weight is 323 g/mol. The van der Waals surface area contributed by atoms with Crippen LogP contribution in [0.2, 0.25) is 0 Å². The predicted molar refractivity (Wildman–Crippen MR) is 85.9 cm³/mol. The maximum Gasteiger partial charge on any atom is 0.410 e. The molecule has 1 fully saturated rings. The fourth-order valence-corrected chi connectivity index (χ4v) is 2.06. The normalized spacial score (nSPS) is 16.0. The quantitative estimate of drug-likeness (QED) is 0.605. The summed E-state index contributed by atoms with van der Waals surface area (Å²) in [5, 5.41) is 14.3.